The quantitative estimate of drug-likeness (QED) is 0.615. The molecule has 0 aromatic heterocycles. The maximum Gasteiger partial charge on any atom is 0.238 e. The van der Waals surface area contributed by atoms with Crippen LogP contribution in [0.5, 0.6) is 0 Å². The van der Waals surface area contributed by atoms with E-state index in [2.05, 4.69) is 32.9 Å². The zero-order chi connectivity index (χ0) is 16.4. The average Bonchev–Trinajstić information content (AvgIpc) is 2.83. The van der Waals surface area contributed by atoms with Gasteiger partial charge in [0.2, 0.25) is 11.8 Å². The molecular formula is C20H23NO2. The van der Waals surface area contributed by atoms with Gasteiger partial charge < -0.3 is 0 Å². The Hall–Kier alpha value is -1.90. The van der Waals surface area contributed by atoms with Crippen LogP contribution in [-0.4, -0.2) is 11.8 Å². The van der Waals surface area contributed by atoms with Crippen LogP contribution < -0.4 is 4.90 Å². The SMILES string of the molecule is CC(C)C12C=CC(C)(CC1)C1C(=O)N(c3ccccc3)C(=O)C12. The summed E-state index contributed by atoms with van der Waals surface area (Å²) in [5.41, 5.74) is 0.356. The molecule has 1 aromatic rings. The Kier molecular flexibility index (Phi) is 2.91. The van der Waals surface area contributed by atoms with Crippen molar-refractivity contribution in [1.29, 1.82) is 0 Å². The second-order valence-corrected chi connectivity index (χ2v) is 7.91. The van der Waals surface area contributed by atoms with Crippen LogP contribution in [0.1, 0.15) is 33.6 Å². The van der Waals surface area contributed by atoms with Crippen LogP contribution in [0.25, 0.3) is 0 Å². The van der Waals surface area contributed by atoms with Gasteiger partial charge in [-0.2, -0.15) is 0 Å². The molecule has 1 saturated carbocycles. The predicted octanol–water partition coefficient (Wildman–Crippen LogP) is 3.80. The summed E-state index contributed by atoms with van der Waals surface area (Å²) in [5.74, 6) is -0.0863. The molecule has 120 valence electrons. The number of rotatable bonds is 2. The smallest absolute Gasteiger partial charge is 0.238 e. The van der Waals surface area contributed by atoms with Crippen molar-refractivity contribution >= 4 is 17.5 Å². The van der Waals surface area contributed by atoms with Gasteiger partial charge in [0.1, 0.15) is 0 Å². The van der Waals surface area contributed by atoms with Gasteiger partial charge in [-0.05, 0) is 36.3 Å². The molecule has 1 saturated heterocycles. The molecule has 4 unspecified atom stereocenters. The minimum absolute atomic E-state index is 0.00447. The van der Waals surface area contributed by atoms with Gasteiger partial charge in [0.25, 0.3) is 0 Å². The molecule has 1 aromatic carbocycles. The third-order valence-electron chi connectivity index (χ3n) is 6.56. The summed E-state index contributed by atoms with van der Waals surface area (Å²) in [7, 11) is 0. The maximum absolute atomic E-state index is 13.3. The number of fused-ring (bicyclic) bond motifs is 1. The summed E-state index contributed by atoms with van der Waals surface area (Å²) in [5, 5.41) is 0. The monoisotopic (exact) mass is 309 g/mol. The van der Waals surface area contributed by atoms with Crippen LogP contribution in [0.4, 0.5) is 5.69 Å². The molecular weight excluding hydrogens is 286 g/mol. The van der Waals surface area contributed by atoms with Gasteiger partial charge in [0, 0.05) is 5.41 Å². The number of imide groups is 1. The normalized spacial score (nSPS) is 38.5. The van der Waals surface area contributed by atoms with Gasteiger partial charge in [0.15, 0.2) is 0 Å². The molecule has 2 fully saturated rings. The molecule has 4 atom stereocenters. The van der Waals surface area contributed by atoms with Crippen LogP contribution in [-0.2, 0) is 9.59 Å². The van der Waals surface area contributed by atoms with Gasteiger partial charge >= 0.3 is 0 Å². The fraction of sp³-hybridized carbons (Fsp3) is 0.500. The summed E-state index contributed by atoms with van der Waals surface area (Å²) in [6.45, 7) is 6.50. The largest absolute Gasteiger partial charge is 0.274 e. The molecule has 0 radical (unpaired) electrons. The van der Waals surface area contributed by atoms with E-state index in [1.54, 1.807) is 0 Å². The van der Waals surface area contributed by atoms with Crippen molar-refractivity contribution in [3.05, 3.63) is 42.5 Å². The fourth-order valence-corrected chi connectivity index (χ4v) is 5.06. The molecule has 0 N–H and O–H groups in total. The van der Waals surface area contributed by atoms with E-state index < -0.39 is 0 Å². The molecule has 3 heteroatoms. The molecule has 3 aliphatic carbocycles. The second-order valence-electron chi connectivity index (χ2n) is 7.91. The number of anilines is 1. The fourth-order valence-electron chi connectivity index (χ4n) is 5.06. The molecule has 3 nitrogen and oxygen atoms in total. The van der Waals surface area contributed by atoms with Gasteiger partial charge in [0.05, 0.1) is 17.5 Å². The first-order valence-electron chi connectivity index (χ1n) is 8.54. The highest BCUT2D eigenvalue weighted by Gasteiger charge is 2.67. The lowest BCUT2D eigenvalue weighted by Gasteiger charge is -2.55. The van der Waals surface area contributed by atoms with Crippen LogP contribution >= 0.6 is 0 Å². The van der Waals surface area contributed by atoms with Gasteiger partial charge in [-0.15, -0.1) is 0 Å². The maximum atomic E-state index is 13.3. The van der Waals surface area contributed by atoms with Crippen LogP contribution in [0.15, 0.2) is 42.5 Å². The highest BCUT2D eigenvalue weighted by Crippen LogP contribution is 2.64. The third-order valence-corrected chi connectivity index (χ3v) is 6.56. The number of hydrogen-bond donors (Lipinski definition) is 0. The van der Waals surface area contributed by atoms with Crippen LogP contribution in [0, 0.1) is 28.6 Å². The molecule has 2 bridgehead atoms. The Balaban J connectivity index is 1.86. The number of amides is 2. The summed E-state index contributed by atoms with van der Waals surface area (Å²) < 4.78 is 0. The summed E-state index contributed by atoms with van der Waals surface area (Å²) in [6.07, 6.45) is 6.46. The van der Waals surface area contributed by atoms with E-state index in [0.29, 0.717) is 11.6 Å². The predicted molar refractivity (Wildman–Crippen MR) is 89.7 cm³/mol. The standard InChI is InChI=1S/C20H23NO2/c1-13(2)20-11-9-19(3,10-12-20)15-16(20)18(23)21(17(15)22)14-7-5-4-6-8-14/h4-9,11,13,15-16H,10,12H2,1-3H3. The minimum atomic E-state index is -0.212. The Morgan fingerprint density at radius 2 is 1.65 bits per heavy atom. The minimum Gasteiger partial charge on any atom is -0.274 e. The third kappa shape index (κ3) is 1.71. The van der Waals surface area contributed by atoms with E-state index in [0.717, 1.165) is 12.8 Å². The van der Waals surface area contributed by atoms with Crippen molar-refractivity contribution in [3.63, 3.8) is 0 Å². The zero-order valence-electron chi connectivity index (χ0n) is 14.0. The number of carbonyl (C=O) groups excluding carboxylic acids is 2. The van der Waals surface area contributed by atoms with Crippen molar-refractivity contribution in [1.82, 2.24) is 0 Å². The van der Waals surface area contributed by atoms with Crippen molar-refractivity contribution < 1.29 is 9.59 Å². The number of nitrogens with zero attached hydrogens (tertiary/aromatic N) is 1. The molecule has 5 rings (SSSR count). The first-order chi connectivity index (χ1) is 10.9. The summed E-state index contributed by atoms with van der Waals surface area (Å²) in [4.78, 5) is 27.9. The van der Waals surface area contributed by atoms with Crippen LogP contribution in [0.2, 0.25) is 0 Å². The van der Waals surface area contributed by atoms with E-state index in [1.807, 2.05) is 30.3 Å². The molecule has 1 aliphatic heterocycles. The highest BCUT2D eigenvalue weighted by molar-refractivity contribution is 6.23. The van der Waals surface area contributed by atoms with Crippen molar-refractivity contribution in [2.45, 2.75) is 33.6 Å². The molecule has 4 aliphatic rings. The summed E-state index contributed by atoms with van der Waals surface area (Å²) in [6, 6.07) is 9.37. The van der Waals surface area contributed by atoms with E-state index in [1.165, 1.54) is 4.90 Å². The lowest BCUT2D eigenvalue weighted by Crippen LogP contribution is -2.53. The number of allylic oxidation sites excluding steroid dienone is 2. The van der Waals surface area contributed by atoms with Crippen LogP contribution in [0.3, 0.4) is 0 Å². The number of hydrogen-bond acceptors (Lipinski definition) is 2. The topological polar surface area (TPSA) is 37.4 Å². The van der Waals surface area contributed by atoms with E-state index in [9.17, 15) is 9.59 Å². The zero-order valence-corrected chi connectivity index (χ0v) is 14.0. The van der Waals surface area contributed by atoms with Crippen molar-refractivity contribution in [2.75, 3.05) is 4.90 Å². The van der Waals surface area contributed by atoms with E-state index in [4.69, 9.17) is 0 Å². The van der Waals surface area contributed by atoms with Crippen molar-refractivity contribution in [3.8, 4) is 0 Å². The number of carbonyl (C=O) groups is 2. The molecule has 23 heavy (non-hydrogen) atoms. The van der Waals surface area contributed by atoms with Gasteiger partial charge in [-0.25, -0.2) is 0 Å². The van der Waals surface area contributed by atoms with E-state index >= 15 is 0 Å². The molecule has 1 heterocycles. The highest BCUT2D eigenvalue weighted by atomic mass is 16.2. The first-order valence-corrected chi connectivity index (χ1v) is 8.54. The van der Waals surface area contributed by atoms with Crippen molar-refractivity contribution in [2.24, 2.45) is 28.6 Å². The summed E-state index contributed by atoms with van der Waals surface area (Å²) >= 11 is 0. The lowest BCUT2D eigenvalue weighted by atomic mass is 9.46. The van der Waals surface area contributed by atoms with E-state index in [-0.39, 0.29) is 34.5 Å². The molecule has 0 spiro atoms. The van der Waals surface area contributed by atoms with Gasteiger partial charge in [-0.3, -0.25) is 14.5 Å². The lowest BCUT2D eigenvalue weighted by molar-refractivity contribution is -0.135. The Morgan fingerprint density at radius 3 is 2.22 bits per heavy atom. The number of para-hydroxylation sites is 1. The average molecular weight is 309 g/mol. The Morgan fingerprint density at radius 1 is 1.00 bits per heavy atom. The second kappa shape index (κ2) is 4.56. The Bertz CT molecular complexity index is 708. The van der Waals surface area contributed by atoms with Gasteiger partial charge in [-0.1, -0.05) is 51.1 Å². The Labute approximate surface area is 137 Å². The number of benzene rings is 1. The molecule has 2 amide bonds. The first kappa shape index (κ1) is 14.7.